The van der Waals surface area contributed by atoms with Gasteiger partial charge in [-0.1, -0.05) is 6.07 Å². The molecule has 0 aromatic carbocycles. The van der Waals surface area contributed by atoms with Gasteiger partial charge in [-0.3, -0.25) is 9.69 Å². The second-order valence-electron chi connectivity index (χ2n) is 3.46. The van der Waals surface area contributed by atoms with E-state index in [1.165, 1.54) is 4.90 Å². The Labute approximate surface area is 95.1 Å². The highest BCUT2D eigenvalue weighted by atomic mass is 16.1. The first-order chi connectivity index (χ1) is 7.63. The predicted octanol–water partition coefficient (Wildman–Crippen LogP) is 1.73. The maximum absolute atomic E-state index is 10.8. The van der Waals surface area contributed by atoms with Crippen LogP contribution < -0.4 is 10.6 Å². The molecule has 1 rings (SSSR count). The molecule has 0 fully saturated rings. The lowest BCUT2D eigenvalue weighted by Gasteiger charge is -2.10. The number of aryl methyl sites for hydroxylation is 1. The Hall–Kier alpha value is -2.10. The van der Waals surface area contributed by atoms with Gasteiger partial charge >= 0.3 is 0 Å². The molecule has 1 amide bonds. The van der Waals surface area contributed by atoms with E-state index in [1.54, 1.807) is 37.5 Å². The van der Waals surface area contributed by atoms with E-state index in [0.29, 0.717) is 17.9 Å². The highest BCUT2D eigenvalue weighted by Gasteiger charge is 2.00. The Morgan fingerprint density at radius 2 is 2.25 bits per heavy atom. The van der Waals surface area contributed by atoms with Gasteiger partial charge in [-0.05, 0) is 37.6 Å². The van der Waals surface area contributed by atoms with Crippen molar-refractivity contribution in [3.8, 4) is 0 Å². The molecule has 84 valence electrons. The zero-order valence-corrected chi connectivity index (χ0v) is 9.42. The quantitative estimate of drug-likeness (QED) is 0.617. The van der Waals surface area contributed by atoms with Crippen molar-refractivity contribution in [2.24, 2.45) is 5.73 Å². The fraction of sp³-hybridized carbons (Fsp3) is 0.167. The summed E-state index contributed by atoms with van der Waals surface area (Å²) in [5, 5.41) is 0. The standard InChI is InChI=1S/C12H15N3O/c1-10-5-6-12(14-8-10)15(9-16)7-3-4-11(2)13/h3-9H,13H2,1-2H3/b7-3-,11-4+. The average molecular weight is 217 g/mol. The van der Waals surface area contributed by atoms with Crippen LogP contribution in [0.2, 0.25) is 0 Å². The van der Waals surface area contributed by atoms with Crippen molar-refractivity contribution in [2.75, 3.05) is 4.90 Å². The smallest absolute Gasteiger partial charge is 0.219 e. The minimum atomic E-state index is 0.583. The molecular weight excluding hydrogens is 202 g/mol. The molecule has 0 unspecified atom stereocenters. The number of pyridine rings is 1. The van der Waals surface area contributed by atoms with Crippen LogP contribution in [0.5, 0.6) is 0 Å². The van der Waals surface area contributed by atoms with Crippen LogP contribution in [0.25, 0.3) is 0 Å². The Balaban J connectivity index is 2.82. The second-order valence-corrected chi connectivity index (χ2v) is 3.46. The normalized spacial score (nSPS) is 11.8. The Morgan fingerprint density at radius 1 is 1.50 bits per heavy atom. The van der Waals surface area contributed by atoms with Crippen LogP contribution in [0, 0.1) is 6.92 Å². The molecule has 0 saturated carbocycles. The van der Waals surface area contributed by atoms with Gasteiger partial charge in [-0.15, -0.1) is 0 Å². The SMILES string of the molecule is C/C(N)=C\C=C/N(C=O)c1ccc(C)cn1. The minimum absolute atomic E-state index is 0.583. The molecule has 0 atom stereocenters. The third kappa shape index (κ3) is 3.57. The number of nitrogens with two attached hydrogens (primary N) is 1. The molecule has 0 aliphatic heterocycles. The first-order valence-corrected chi connectivity index (χ1v) is 4.90. The molecule has 1 aromatic heterocycles. The van der Waals surface area contributed by atoms with Crippen LogP contribution in [0.15, 0.2) is 42.4 Å². The van der Waals surface area contributed by atoms with E-state index in [2.05, 4.69) is 4.98 Å². The number of carbonyl (C=O) groups excluding carboxylic acids is 1. The molecule has 0 spiro atoms. The summed E-state index contributed by atoms with van der Waals surface area (Å²) >= 11 is 0. The largest absolute Gasteiger partial charge is 0.402 e. The van der Waals surface area contributed by atoms with Gasteiger partial charge in [0.2, 0.25) is 6.41 Å². The molecule has 2 N–H and O–H groups in total. The molecule has 4 heteroatoms. The predicted molar refractivity (Wildman–Crippen MR) is 64.6 cm³/mol. The van der Waals surface area contributed by atoms with Crippen molar-refractivity contribution in [2.45, 2.75) is 13.8 Å². The first-order valence-electron chi connectivity index (χ1n) is 4.90. The number of carbonyl (C=O) groups is 1. The van der Waals surface area contributed by atoms with Gasteiger partial charge < -0.3 is 5.73 Å². The summed E-state index contributed by atoms with van der Waals surface area (Å²) in [7, 11) is 0. The lowest BCUT2D eigenvalue weighted by molar-refractivity contribution is -0.107. The van der Waals surface area contributed by atoms with Gasteiger partial charge in [0, 0.05) is 18.1 Å². The van der Waals surface area contributed by atoms with Crippen LogP contribution in [-0.4, -0.2) is 11.4 Å². The summed E-state index contributed by atoms with van der Waals surface area (Å²) in [5.41, 5.74) is 7.20. The molecule has 1 heterocycles. The highest BCUT2D eigenvalue weighted by Crippen LogP contribution is 2.09. The van der Waals surface area contributed by atoms with Gasteiger partial charge in [0.1, 0.15) is 5.82 Å². The highest BCUT2D eigenvalue weighted by molar-refractivity contribution is 5.75. The van der Waals surface area contributed by atoms with E-state index < -0.39 is 0 Å². The van der Waals surface area contributed by atoms with Crippen molar-refractivity contribution in [1.29, 1.82) is 0 Å². The van der Waals surface area contributed by atoms with Crippen molar-refractivity contribution < 1.29 is 4.79 Å². The van der Waals surface area contributed by atoms with Crippen molar-refractivity contribution in [1.82, 2.24) is 4.98 Å². The number of rotatable bonds is 4. The Kier molecular flexibility index (Phi) is 4.27. The Bertz CT molecular complexity index is 403. The number of anilines is 1. The fourth-order valence-corrected chi connectivity index (χ4v) is 1.07. The van der Waals surface area contributed by atoms with Crippen LogP contribution >= 0.6 is 0 Å². The summed E-state index contributed by atoms with van der Waals surface area (Å²) in [4.78, 5) is 16.4. The van der Waals surface area contributed by atoms with E-state index >= 15 is 0 Å². The van der Waals surface area contributed by atoms with Gasteiger partial charge in [0.15, 0.2) is 0 Å². The number of hydrogen-bond donors (Lipinski definition) is 1. The number of hydrogen-bond acceptors (Lipinski definition) is 3. The summed E-state index contributed by atoms with van der Waals surface area (Å²) in [6.45, 7) is 3.72. The van der Waals surface area contributed by atoms with Gasteiger partial charge in [-0.2, -0.15) is 0 Å². The van der Waals surface area contributed by atoms with Gasteiger partial charge in [0.05, 0.1) is 0 Å². The maximum atomic E-state index is 10.8. The minimum Gasteiger partial charge on any atom is -0.402 e. The Morgan fingerprint density at radius 3 is 2.75 bits per heavy atom. The summed E-state index contributed by atoms with van der Waals surface area (Å²) in [6, 6.07) is 3.68. The molecule has 16 heavy (non-hydrogen) atoms. The first kappa shape index (κ1) is 12.0. The molecule has 0 aliphatic carbocycles. The molecule has 0 bridgehead atoms. The van der Waals surface area contributed by atoms with E-state index in [4.69, 9.17) is 5.73 Å². The fourth-order valence-electron chi connectivity index (χ4n) is 1.07. The number of amides is 1. The van der Waals surface area contributed by atoms with Crippen LogP contribution in [0.3, 0.4) is 0 Å². The maximum Gasteiger partial charge on any atom is 0.219 e. The molecule has 0 saturated heterocycles. The lowest BCUT2D eigenvalue weighted by Crippen LogP contribution is -2.13. The lowest BCUT2D eigenvalue weighted by atomic mass is 10.3. The van der Waals surface area contributed by atoms with Crippen molar-refractivity contribution in [3.05, 3.63) is 47.9 Å². The van der Waals surface area contributed by atoms with Crippen LogP contribution in [-0.2, 0) is 4.79 Å². The van der Waals surface area contributed by atoms with E-state index in [-0.39, 0.29) is 0 Å². The summed E-state index contributed by atoms with van der Waals surface area (Å²) < 4.78 is 0. The van der Waals surface area contributed by atoms with Crippen LogP contribution in [0.4, 0.5) is 5.82 Å². The number of allylic oxidation sites excluding steroid dienone is 3. The zero-order chi connectivity index (χ0) is 12.0. The van der Waals surface area contributed by atoms with E-state index in [0.717, 1.165) is 5.56 Å². The van der Waals surface area contributed by atoms with Crippen LogP contribution in [0.1, 0.15) is 12.5 Å². The molecule has 0 aliphatic rings. The molecular formula is C12H15N3O. The van der Waals surface area contributed by atoms with Gasteiger partial charge in [0.25, 0.3) is 0 Å². The monoisotopic (exact) mass is 217 g/mol. The van der Waals surface area contributed by atoms with E-state index in [1.807, 2.05) is 13.0 Å². The topological polar surface area (TPSA) is 59.2 Å². The number of aromatic nitrogens is 1. The average Bonchev–Trinajstić information content (AvgIpc) is 2.26. The van der Waals surface area contributed by atoms with Gasteiger partial charge in [-0.25, -0.2) is 4.98 Å². The summed E-state index contributed by atoms with van der Waals surface area (Å²) in [5.74, 6) is 0.583. The molecule has 0 radical (unpaired) electrons. The van der Waals surface area contributed by atoms with E-state index in [9.17, 15) is 4.79 Å². The third-order valence-electron chi connectivity index (χ3n) is 1.88. The zero-order valence-electron chi connectivity index (χ0n) is 9.42. The summed E-state index contributed by atoms with van der Waals surface area (Å²) in [6.07, 6.45) is 7.44. The van der Waals surface area contributed by atoms with Crippen molar-refractivity contribution in [3.63, 3.8) is 0 Å². The second kappa shape index (κ2) is 5.70. The van der Waals surface area contributed by atoms with Crippen molar-refractivity contribution >= 4 is 12.2 Å². The third-order valence-corrected chi connectivity index (χ3v) is 1.88. The molecule has 1 aromatic rings. The number of nitrogens with zero attached hydrogens (tertiary/aromatic N) is 2. The molecule has 4 nitrogen and oxygen atoms in total.